The van der Waals surface area contributed by atoms with Gasteiger partial charge in [0.25, 0.3) is 0 Å². The summed E-state index contributed by atoms with van der Waals surface area (Å²) in [5, 5.41) is 12.2. The summed E-state index contributed by atoms with van der Waals surface area (Å²) in [6.07, 6.45) is 10.8. The quantitative estimate of drug-likeness (QED) is 0.832. The van der Waals surface area contributed by atoms with Gasteiger partial charge in [-0.2, -0.15) is 0 Å². The Labute approximate surface area is 105 Å². The fraction of sp³-hybridized carbons (Fsp3) is 0.615. The zero-order valence-corrected chi connectivity index (χ0v) is 10.7. The highest BCUT2D eigenvalue weighted by atomic mass is 32.1. The Balaban J connectivity index is 1.74. The third-order valence-corrected chi connectivity index (χ3v) is 4.50. The number of aromatic nitrogens is 2. The zero-order valence-electron chi connectivity index (χ0n) is 9.88. The van der Waals surface area contributed by atoms with Crippen LogP contribution in [0.15, 0.2) is 17.8 Å². The second-order valence-electron chi connectivity index (χ2n) is 4.99. The minimum absolute atomic E-state index is 0.128. The fourth-order valence-electron chi connectivity index (χ4n) is 2.75. The molecule has 2 heterocycles. The van der Waals surface area contributed by atoms with Crippen LogP contribution in [0.4, 0.5) is 0 Å². The third-order valence-electron chi connectivity index (χ3n) is 3.73. The van der Waals surface area contributed by atoms with E-state index in [-0.39, 0.29) is 6.10 Å². The van der Waals surface area contributed by atoms with Crippen LogP contribution in [0.25, 0.3) is 4.96 Å². The molecule has 0 radical (unpaired) electrons. The molecule has 1 aliphatic rings. The molecule has 1 fully saturated rings. The number of hydrogen-bond donors (Lipinski definition) is 1. The molecule has 1 N–H and O–H groups in total. The number of imidazole rings is 1. The van der Waals surface area contributed by atoms with E-state index in [0.717, 1.165) is 29.9 Å². The van der Waals surface area contributed by atoms with Crippen molar-refractivity contribution in [3.05, 3.63) is 23.5 Å². The van der Waals surface area contributed by atoms with E-state index in [1.165, 1.54) is 19.3 Å². The van der Waals surface area contributed by atoms with E-state index in [4.69, 9.17) is 0 Å². The van der Waals surface area contributed by atoms with Crippen LogP contribution in [0.3, 0.4) is 0 Å². The van der Waals surface area contributed by atoms with E-state index in [2.05, 4.69) is 15.6 Å². The largest absolute Gasteiger partial charge is 0.393 e. The van der Waals surface area contributed by atoms with Gasteiger partial charge in [0.15, 0.2) is 4.96 Å². The summed E-state index contributed by atoms with van der Waals surface area (Å²) in [7, 11) is 0. The van der Waals surface area contributed by atoms with Crippen molar-refractivity contribution in [2.24, 2.45) is 5.92 Å². The average Bonchev–Trinajstić information content (AvgIpc) is 2.81. The van der Waals surface area contributed by atoms with Crippen molar-refractivity contribution in [2.75, 3.05) is 0 Å². The van der Waals surface area contributed by atoms with Crippen LogP contribution in [0, 0.1) is 5.92 Å². The van der Waals surface area contributed by atoms with Gasteiger partial charge in [0.2, 0.25) is 0 Å². The van der Waals surface area contributed by atoms with Crippen molar-refractivity contribution < 1.29 is 5.11 Å². The number of rotatable bonds is 2. The second-order valence-corrected chi connectivity index (χ2v) is 5.87. The van der Waals surface area contributed by atoms with E-state index >= 15 is 0 Å². The lowest BCUT2D eigenvalue weighted by Gasteiger charge is -2.18. The summed E-state index contributed by atoms with van der Waals surface area (Å²) >= 11 is 1.66. The highest BCUT2D eigenvalue weighted by molar-refractivity contribution is 7.15. The van der Waals surface area contributed by atoms with Crippen LogP contribution < -0.4 is 0 Å². The van der Waals surface area contributed by atoms with Crippen molar-refractivity contribution in [2.45, 2.75) is 44.6 Å². The van der Waals surface area contributed by atoms with Crippen LogP contribution in [0.2, 0.25) is 0 Å². The van der Waals surface area contributed by atoms with E-state index in [1.807, 2.05) is 11.6 Å². The van der Waals surface area contributed by atoms with E-state index < -0.39 is 0 Å². The Morgan fingerprint density at radius 2 is 2.24 bits per heavy atom. The number of aliphatic hydroxyl groups excluding tert-OH is 1. The molecule has 1 aliphatic carbocycles. The van der Waals surface area contributed by atoms with Gasteiger partial charge in [-0.1, -0.05) is 19.3 Å². The Morgan fingerprint density at radius 1 is 1.35 bits per heavy atom. The fourth-order valence-corrected chi connectivity index (χ4v) is 3.46. The van der Waals surface area contributed by atoms with Gasteiger partial charge in [0.05, 0.1) is 11.8 Å². The lowest BCUT2D eigenvalue weighted by molar-refractivity contribution is 0.100. The predicted octanol–water partition coefficient (Wildman–Crippen LogP) is 2.88. The molecule has 1 saturated carbocycles. The van der Waals surface area contributed by atoms with Crippen LogP contribution in [-0.2, 0) is 6.42 Å². The molecule has 0 spiro atoms. The predicted molar refractivity (Wildman–Crippen MR) is 69.4 cm³/mol. The second kappa shape index (κ2) is 4.78. The number of fused-ring (bicyclic) bond motifs is 1. The Hall–Kier alpha value is -0.870. The molecule has 0 aliphatic heterocycles. The number of hydrogen-bond acceptors (Lipinski definition) is 3. The molecule has 0 saturated heterocycles. The van der Waals surface area contributed by atoms with Crippen LogP contribution in [0.5, 0.6) is 0 Å². The highest BCUT2D eigenvalue weighted by Gasteiger charge is 2.22. The van der Waals surface area contributed by atoms with Crippen LogP contribution >= 0.6 is 11.3 Å². The molecule has 3 nitrogen and oxygen atoms in total. The molecule has 0 aromatic carbocycles. The lowest BCUT2D eigenvalue weighted by atomic mass is 9.93. The topological polar surface area (TPSA) is 37.5 Å². The summed E-state index contributed by atoms with van der Waals surface area (Å²) in [4.78, 5) is 5.66. The molecular weight excluding hydrogens is 232 g/mol. The molecule has 2 aromatic rings. The monoisotopic (exact) mass is 250 g/mol. The first kappa shape index (κ1) is 11.2. The number of aliphatic hydroxyl groups is 1. The maximum absolute atomic E-state index is 10.1. The molecule has 0 amide bonds. The molecule has 2 atom stereocenters. The minimum atomic E-state index is -0.128. The zero-order chi connectivity index (χ0) is 11.7. The lowest BCUT2D eigenvalue weighted by Crippen LogP contribution is -2.21. The Bertz CT molecular complexity index is 462. The van der Waals surface area contributed by atoms with Crippen LogP contribution in [0.1, 0.15) is 37.8 Å². The van der Waals surface area contributed by atoms with Crippen LogP contribution in [-0.4, -0.2) is 20.6 Å². The van der Waals surface area contributed by atoms with Gasteiger partial charge in [0, 0.05) is 17.8 Å². The van der Waals surface area contributed by atoms with Crippen molar-refractivity contribution >= 4 is 16.3 Å². The van der Waals surface area contributed by atoms with Gasteiger partial charge in [-0.25, -0.2) is 4.98 Å². The molecule has 0 bridgehead atoms. The van der Waals surface area contributed by atoms with E-state index in [9.17, 15) is 5.11 Å². The van der Waals surface area contributed by atoms with Gasteiger partial charge in [0.1, 0.15) is 0 Å². The first-order valence-electron chi connectivity index (χ1n) is 6.42. The van der Waals surface area contributed by atoms with Crippen molar-refractivity contribution in [1.82, 2.24) is 9.38 Å². The van der Waals surface area contributed by atoms with Gasteiger partial charge >= 0.3 is 0 Å². The minimum Gasteiger partial charge on any atom is -0.393 e. The van der Waals surface area contributed by atoms with Gasteiger partial charge in [-0.15, -0.1) is 11.3 Å². The third kappa shape index (κ3) is 2.38. The maximum Gasteiger partial charge on any atom is 0.193 e. The number of thiazole rings is 1. The standard InChI is InChI=1S/C13H18N2OS/c16-12-5-3-1-2-4-10(12)8-11-9-15-6-7-17-13(15)14-11/h6-7,9-10,12,16H,1-5,8H2. The summed E-state index contributed by atoms with van der Waals surface area (Å²) in [5.74, 6) is 0.405. The highest BCUT2D eigenvalue weighted by Crippen LogP contribution is 2.26. The molecular formula is C13H18N2OS. The molecule has 2 aromatic heterocycles. The summed E-state index contributed by atoms with van der Waals surface area (Å²) < 4.78 is 2.07. The van der Waals surface area contributed by atoms with Crippen molar-refractivity contribution in [3.8, 4) is 0 Å². The molecule has 2 unspecified atom stereocenters. The summed E-state index contributed by atoms with van der Waals surface area (Å²) in [5.41, 5.74) is 1.13. The van der Waals surface area contributed by atoms with Gasteiger partial charge in [-0.3, -0.25) is 4.40 Å². The van der Waals surface area contributed by atoms with Crippen molar-refractivity contribution in [3.63, 3.8) is 0 Å². The maximum atomic E-state index is 10.1. The first-order valence-corrected chi connectivity index (χ1v) is 7.30. The van der Waals surface area contributed by atoms with Gasteiger partial charge in [-0.05, 0) is 25.2 Å². The summed E-state index contributed by atoms with van der Waals surface area (Å²) in [6, 6.07) is 0. The average molecular weight is 250 g/mol. The molecule has 92 valence electrons. The number of nitrogens with zero attached hydrogens (tertiary/aromatic N) is 2. The molecule has 3 rings (SSSR count). The first-order chi connectivity index (χ1) is 8.33. The van der Waals surface area contributed by atoms with Gasteiger partial charge < -0.3 is 5.11 Å². The molecule has 4 heteroatoms. The normalized spacial score (nSPS) is 26.2. The Morgan fingerprint density at radius 3 is 3.12 bits per heavy atom. The molecule has 17 heavy (non-hydrogen) atoms. The summed E-state index contributed by atoms with van der Waals surface area (Å²) in [6.45, 7) is 0. The van der Waals surface area contributed by atoms with Crippen molar-refractivity contribution in [1.29, 1.82) is 0 Å². The van der Waals surface area contributed by atoms with E-state index in [1.54, 1.807) is 11.3 Å². The van der Waals surface area contributed by atoms with E-state index in [0.29, 0.717) is 5.92 Å². The SMILES string of the molecule is OC1CCCCCC1Cc1cn2ccsc2n1. The smallest absolute Gasteiger partial charge is 0.193 e. The Kier molecular flexibility index (Phi) is 3.16.